The van der Waals surface area contributed by atoms with Gasteiger partial charge in [0.1, 0.15) is 0 Å². The molecule has 0 aliphatic carbocycles. The van der Waals surface area contributed by atoms with Crippen LogP contribution < -0.4 is 5.32 Å². The average Bonchev–Trinajstić information content (AvgIpc) is 2.67. The topological polar surface area (TPSA) is 54.0 Å². The quantitative estimate of drug-likeness (QED) is 0.708. The Balaban J connectivity index is 2.31. The van der Waals surface area contributed by atoms with Crippen molar-refractivity contribution in [2.45, 2.75) is 44.6 Å². The van der Waals surface area contributed by atoms with Crippen LogP contribution in [0.15, 0.2) is 0 Å². The Hall–Kier alpha value is -0.200. The predicted molar refractivity (Wildman–Crippen MR) is 71.8 cm³/mol. The Morgan fingerprint density at radius 3 is 2.11 bits per heavy atom. The first-order valence-corrected chi connectivity index (χ1v) is 6.56. The lowest BCUT2D eigenvalue weighted by atomic mass is 10.1. The van der Waals surface area contributed by atoms with Crippen molar-refractivity contribution in [3.8, 4) is 0 Å². The van der Waals surface area contributed by atoms with E-state index in [-0.39, 0.29) is 23.9 Å². The molecule has 0 saturated carbocycles. The maximum atomic E-state index is 10.0. The maximum Gasteiger partial charge on any atom is 0.0971 e. The summed E-state index contributed by atoms with van der Waals surface area (Å²) in [7, 11) is 3.41. The number of β-amino-alcohol motifs (C(OH)–C–C–N with tert-alkyl or cyclic N) is 1. The second-order valence-electron chi connectivity index (χ2n) is 6.05. The SMILES string of the molecule is COC1CN(CC(O)CNC(C)(C)C)CC1OC. The number of nitrogens with one attached hydrogen (secondary N) is 1. The van der Waals surface area contributed by atoms with Crippen LogP contribution in [-0.2, 0) is 9.47 Å². The van der Waals surface area contributed by atoms with Gasteiger partial charge in [-0.2, -0.15) is 0 Å². The number of rotatable bonds is 6. The lowest BCUT2D eigenvalue weighted by Crippen LogP contribution is -2.44. The molecule has 2 N–H and O–H groups in total. The summed E-state index contributed by atoms with van der Waals surface area (Å²) in [5, 5.41) is 13.3. The van der Waals surface area contributed by atoms with E-state index in [0.717, 1.165) is 13.1 Å². The van der Waals surface area contributed by atoms with Crippen LogP contribution in [0.3, 0.4) is 0 Å². The maximum absolute atomic E-state index is 10.0. The molecule has 0 aromatic rings. The third kappa shape index (κ3) is 5.20. The van der Waals surface area contributed by atoms with Crippen molar-refractivity contribution in [3.05, 3.63) is 0 Å². The molecule has 0 amide bonds. The van der Waals surface area contributed by atoms with Crippen LogP contribution in [0.1, 0.15) is 20.8 Å². The molecular formula is C13H28N2O3. The molecule has 5 heteroatoms. The van der Waals surface area contributed by atoms with Crippen LogP contribution in [0, 0.1) is 0 Å². The summed E-state index contributed by atoms with van der Waals surface area (Å²) in [6.45, 7) is 9.19. The second kappa shape index (κ2) is 6.82. The lowest BCUT2D eigenvalue weighted by molar-refractivity contribution is -0.00461. The number of aliphatic hydroxyl groups is 1. The van der Waals surface area contributed by atoms with E-state index in [9.17, 15) is 5.11 Å². The zero-order chi connectivity index (χ0) is 13.8. The van der Waals surface area contributed by atoms with Crippen LogP contribution in [-0.4, -0.2) is 74.3 Å². The Bertz CT molecular complexity index is 231. The molecular weight excluding hydrogens is 232 g/mol. The first-order valence-electron chi connectivity index (χ1n) is 6.56. The number of nitrogens with zero attached hydrogens (tertiary/aromatic N) is 1. The van der Waals surface area contributed by atoms with Crippen molar-refractivity contribution in [3.63, 3.8) is 0 Å². The van der Waals surface area contributed by atoms with E-state index in [1.807, 2.05) is 0 Å². The first kappa shape index (κ1) is 15.9. The van der Waals surface area contributed by atoms with Gasteiger partial charge in [-0.3, -0.25) is 4.90 Å². The van der Waals surface area contributed by atoms with E-state index in [2.05, 4.69) is 31.0 Å². The number of hydrogen-bond donors (Lipinski definition) is 2. The Labute approximate surface area is 110 Å². The second-order valence-corrected chi connectivity index (χ2v) is 6.05. The van der Waals surface area contributed by atoms with Crippen molar-refractivity contribution in [2.75, 3.05) is 40.4 Å². The molecule has 5 nitrogen and oxygen atoms in total. The number of ether oxygens (including phenoxy) is 2. The number of hydrogen-bond acceptors (Lipinski definition) is 5. The summed E-state index contributed by atoms with van der Waals surface area (Å²) in [6.07, 6.45) is -0.145. The fourth-order valence-corrected chi connectivity index (χ4v) is 2.21. The highest BCUT2D eigenvalue weighted by atomic mass is 16.5. The fraction of sp³-hybridized carbons (Fsp3) is 1.00. The van der Waals surface area contributed by atoms with Gasteiger partial charge in [0.25, 0.3) is 0 Å². The van der Waals surface area contributed by atoms with Crippen LogP contribution in [0.25, 0.3) is 0 Å². The molecule has 1 rings (SSSR count). The summed E-state index contributed by atoms with van der Waals surface area (Å²) in [4.78, 5) is 2.19. The van der Waals surface area contributed by atoms with Gasteiger partial charge in [-0.05, 0) is 20.8 Å². The molecule has 1 aliphatic rings. The minimum atomic E-state index is -0.364. The molecule has 1 aliphatic heterocycles. The van der Waals surface area contributed by atoms with Crippen molar-refractivity contribution in [1.29, 1.82) is 0 Å². The van der Waals surface area contributed by atoms with Gasteiger partial charge in [0.15, 0.2) is 0 Å². The van der Waals surface area contributed by atoms with Gasteiger partial charge in [0.05, 0.1) is 18.3 Å². The average molecular weight is 260 g/mol. The summed E-state index contributed by atoms with van der Waals surface area (Å²) in [5.41, 5.74) is 0.0378. The van der Waals surface area contributed by atoms with Crippen molar-refractivity contribution in [2.24, 2.45) is 0 Å². The highest BCUT2D eigenvalue weighted by Crippen LogP contribution is 2.15. The van der Waals surface area contributed by atoms with E-state index in [4.69, 9.17) is 9.47 Å². The molecule has 1 saturated heterocycles. The number of likely N-dealkylation sites (tertiary alicyclic amines) is 1. The van der Waals surface area contributed by atoms with Crippen LogP contribution in [0.4, 0.5) is 0 Å². The van der Waals surface area contributed by atoms with Crippen LogP contribution >= 0.6 is 0 Å². The minimum absolute atomic E-state index is 0.0378. The molecule has 1 fully saturated rings. The summed E-state index contributed by atoms with van der Waals surface area (Å²) >= 11 is 0. The number of methoxy groups -OCH3 is 2. The van der Waals surface area contributed by atoms with Gasteiger partial charge in [-0.25, -0.2) is 0 Å². The van der Waals surface area contributed by atoms with Crippen molar-refractivity contribution < 1.29 is 14.6 Å². The third-order valence-corrected chi connectivity index (χ3v) is 3.23. The Morgan fingerprint density at radius 2 is 1.72 bits per heavy atom. The highest BCUT2D eigenvalue weighted by molar-refractivity contribution is 4.87. The lowest BCUT2D eigenvalue weighted by Gasteiger charge is -2.25. The molecule has 108 valence electrons. The van der Waals surface area contributed by atoms with Gasteiger partial charge < -0.3 is 19.9 Å². The highest BCUT2D eigenvalue weighted by Gasteiger charge is 2.33. The standard InChI is InChI=1S/C13H28N2O3/c1-13(2,3)14-6-10(16)7-15-8-11(17-4)12(9-15)18-5/h10-12,14,16H,6-9H2,1-5H3. The third-order valence-electron chi connectivity index (χ3n) is 3.23. The largest absolute Gasteiger partial charge is 0.390 e. The Kier molecular flexibility index (Phi) is 6.01. The molecule has 3 unspecified atom stereocenters. The molecule has 0 aromatic heterocycles. The fourth-order valence-electron chi connectivity index (χ4n) is 2.21. The minimum Gasteiger partial charge on any atom is -0.390 e. The van der Waals surface area contributed by atoms with Crippen LogP contribution in [0.5, 0.6) is 0 Å². The summed E-state index contributed by atoms with van der Waals surface area (Å²) in [5.74, 6) is 0. The smallest absolute Gasteiger partial charge is 0.0971 e. The van der Waals surface area contributed by atoms with Gasteiger partial charge in [-0.1, -0.05) is 0 Å². The van der Waals surface area contributed by atoms with E-state index < -0.39 is 0 Å². The predicted octanol–water partition coefficient (Wildman–Crippen LogP) is 0.0810. The molecule has 1 heterocycles. The van der Waals surface area contributed by atoms with Crippen LogP contribution in [0.2, 0.25) is 0 Å². The number of aliphatic hydroxyl groups excluding tert-OH is 1. The normalized spacial score (nSPS) is 27.7. The van der Waals surface area contributed by atoms with E-state index in [1.165, 1.54) is 0 Å². The molecule has 3 atom stereocenters. The first-order chi connectivity index (χ1) is 8.35. The molecule has 0 bridgehead atoms. The molecule has 0 aromatic carbocycles. The van der Waals surface area contributed by atoms with Crippen molar-refractivity contribution in [1.82, 2.24) is 10.2 Å². The van der Waals surface area contributed by atoms with Crippen molar-refractivity contribution >= 4 is 0 Å². The zero-order valence-electron chi connectivity index (χ0n) is 12.3. The summed E-state index contributed by atoms with van der Waals surface area (Å²) in [6, 6.07) is 0. The monoisotopic (exact) mass is 260 g/mol. The molecule has 18 heavy (non-hydrogen) atoms. The van der Waals surface area contributed by atoms with E-state index in [0.29, 0.717) is 13.1 Å². The van der Waals surface area contributed by atoms with E-state index >= 15 is 0 Å². The summed E-state index contributed by atoms with van der Waals surface area (Å²) < 4.78 is 10.8. The molecule has 0 spiro atoms. The van der Waals surface area contributed by atoms with E-state index in [1.54, 1.807) is 14.2 Å². The van der Waals surface area contributed by atoms with Gasteiger partial charge >= 0.3 is 0 Å². The molecule has 0 radical (unpaired) electrons. The Morgan fingerprint density at radius 1 is 1.22 bits per heavy atom. The van der Waals surface area contributed by atoms with Gasteiger partial charge in [0, 0.05) is 45.9 Å². The van der Waals surface area contributed by atoms with Gasteiger partial charge in [0.2, 0.25) is 0 Å². The van der Waals surface area contributed by atoms with Gasteiger partial charge in [-0.15, -0.1) is 0 Å². The zero-order valence-corrected chi connectivity index (χ0v) is 12.3.